The lowest BCUT2D eigenvalue weighted by molar-refractivity contribution is -0.104. The van der Waals surface area contributed by atoms with E-state index in [4.69, 9.17) is 4.42 Å². The molecule has 0 amide bonds. The van der Waals surface area contributed by atoms with Crippen LogP contribution in [0, 0.1) is 0 Å². The summed E-state index contributed by atoms with van der Waals surface area (Å²) in [6.45, 7) is 2.10. The number of aliphatic hydroxyl groups excluding tert-OH is 1. The maximum Gasteiger partial charge on any atom is 0.236 e. The molecule has 0 aliphatic carbocycles. The van der Waals surface area contributed by atoms with Gasteiger partial charge in [-0.05, 0) is 53.5 Å². The average molecular weight is 639 g/mol. The van der Waals surface area contributed by atoms with E-state index in [-0.39, 0.29) is 11.6 Å². The first-order valence-corrected chi connectivity index (χ1v) is 15.9. The van der Waals surface area contributed by atoms with E-state index >= 15 is 0 Å². The number of anilines is 1. The predicted octanol–water partition coefficient (Wildman–Crippen LogP) is 5.14. The van der Waals surface area contributed by atoms with Crippen LogP contribution in [0.25, 0.3) is 6.08 Å². The van der Waals surface area contributed by atoms with Gasteiger partial charge in [0.2, 0.25) is 5.89 Å². The number of benzene rings is 3. The van der Waals surface area contributed by atoms with Crippen molar-refractivity contribution in [1.82, 2.24) is 15.6 Å². The molecular formula is C36H38N4O5S. The van der Waals surface area contributed by atoms with Gasteiger partial charge in [0.15, 0.2) is 5.60 Å². The second-order valence-corrected chi connectivity index (χ2v) is 12.0. The molecule has 2 heterocycles. The molecule has 0 aliphatic heterocycles. The third-order valence-corrected chi connectivity index (χ3v) is 8.80. The normalized spacial score (nSPS) is 12.4. The summed E-state index contributed by atoms with van der Waals surface area (Å²) >= 11 is 1.72. The third-order valence-electron chi connectivity index (χ3n) is 7.66. The Labute approximate surface area is 272 Å². The number of aromatic hydroxyl groups is 1. The second-order valence-electron chi connectivity index (χ2n) is 10.7. The van der Waals surface area contributed by atoms with E-state index < -0.39 is 11.7 Å². The molecule has 46 heavy (non-hydrogen) atoms. The molecule has 1 atom stereocenters. The van der Waals surface area contributed by atoms with Crippen molar-refractivity contribution in [2.45, 2.75) is 31.2 Å². The fourth-order valence-electron chi connectivity index (χ4n) is 5.34. The zero-order chi connectivity index (χ0) is 32.4. The summed E-state index contributed by atoms with van der Waals surface area (Å²) in [7, 11) is 1.68. The lowest BCUT2D eigenvalue weighted by Gasteiger charge is -2.26. The van der Waals surface area contributed by atoms with Gasteiger partial charge in [-0.1, -0.05) is 66.7 Å². The summed E-state index contributed by atoms with van der Waals surface area (Å²) in [6, 6.07) is 26.2. The standard InChI is InChI=1S/C36H38N4O5S/c1-37-34-31(13-8-20-41)30(16-17-32(34)42)33(43)24-38-19-18-28-14-15-29(46-28)23-39-21-27-22-40-35(45-27)36(44,25-9-4-2-5-10-25)26-11-6-3-7-12-26/h2-17,20,22,33,37-39,42-44H,18-19,21,23-24H2,1H3/b13-8-. The SMILES string of the molecule is CNc1c(O)ccc(C(O)CNCCc2ccc(CNCc3cnc(C(O)(c4ccccc4)c4ccccc4)o3)s2)c1/C=C\C=O. The summed E-state index contributed by atoms with van der Waals surface area (Å²) in [4.78, 5) is 17.7. The number of hydrogen-bond donors (Lipinski definition) is 6. The fraction of sp³-hybridized carbons (Fsp3) is 0.222. The number of thiophene rings is 1. The third kappa shape index (κ3) is 7.61. The highest BCUT2D eigenvalue weighted by atomic mass is 32.1. The van der Waals surface area contributed by atoms with E-state index in [9.17, 15) is 20.1 Å². The Bertz CT molecular complexity index is 1700. The van der Waals surface area contributed by atoms with E-state index in [2.05, 4.69) is 33.1 Å². The van der Waals surface area contributed by atoms with Gasteiger partial charge in [0, 0.05) is 42.0 Å². The van der Waals surface area contributed by atoms with E-state index in [1.54, 1.807) is 36.7 Å². The van der Waals surface area contributed by atoms with Crippen LogP contribution >= 0.6 is 11.3 Å². The van der Waals surface area contributed by atoms with Crippen LogP contribution in [0.5, 0.6) is 5.75 Å². The summed E-state index contributed by atoms with van der Waals surface area (Å²) in [5, 5.41) is 42.5. The number of aliphatic hydroxyl groups is 2. The molecule has 9 nitrogen and oxygen atoms in total. The number of aldehydes is 1. The van der Waals surface area contributed by atoms with Crippen LogP contribution in [0.2, 0.25) is 0 Å². The number of carbonyl (C=O) groups is 1. The van der Waals surface area contributed by atoms with E-state index in [0.717, 1.165) is 6.42 Å². The molecule has 10 heteroatoms. The second kappa shape index (κ2) is 15.6. The largest absolute Gasteiger partial charge is 0.506 e. The van der Waals surface area contributed by atoms with Crippen molar-refractivity contribution < 1.29 is 24.5 Å². The van der Waals surface area contributed by atoms with E-state index in [1.165, 1.54) is 21.9 Å². The van der Waals surface area contributed by atoms with Gasteiger partial charge in [0.25, 0.3) is 0 Å². The minimum atomic E-state index is -1.51. The maximum absolute atomic E-state index is 11.9. The molecule has 0 aliphatic rings. The molecule has 0 fully saturated rings. The van der Waals surface area contributed by atoms with Crippen molar-refractivity contribution >= 4 is 29.4 Å². The van der Waals surface area contributed by atoms with Gasteiger partial charge in [0.1, 0.15) is 17.8 Å². The number of allylic oxidation sites excluding steroid dienone is 1. The molecule has 0 saturated heterocycles. The predicted molar refractivity (Wildman–Crippen MR) is 181 cm³/mol. The molecule has 0 spiro atoms. The molecule has 0 bridgehead atoms. The van der Waals surface area contributed by atoms with E-state index in [1.807, 2.05) is 60.7 Å². The first-order chi connectivity index (χ1) is 22.4. The highest BCUT2D eigenvalue weighted by Crippen LogP contribution is 2.36. The Morgan fingerprint density at radius 1 is 0.935 bits per heavy atom. The van der Waals surface area contributed by atoms with Gasteiger partial charge in [-0.15, -0.1) is 11.3 Å². The Balaban J connectivity index is 1.12. The van der Waals surface area contributed by atoms with Gasteiger partial charge >= 0.3 is 0 Å². The molecule has 5 aromatic rings. The molecular weight excluding hydrogens is 600 g/mol. The molecule has 5 rings (SSSR count). The minimum absolute atomic E-state index is 0.0452. The summed E-state index contributed by atoms with van der Waals surface area (Å²) < 4.78 is 6.08. The lowest BCUT2D eigenvalue weighted by atomic mass is 9.86. The molecule has 238 valence electrons. The first-order valence-electron chi connectivity index (χ1n) is 15.0. The molecule has 1 unspecified atom stereocenters. The zero-order valence-electron chi connectivity index (χ0n) is 25.5. The number of nitrogens with zero attached hydrogens (tertiary/aromatic N) is 1. The van der Waals surface area contributed by atoms with Gasteiger partial charge in [-0.25, -0.2) is 4.98 Å². The highest BCUT2D eigenvalue weighted by molar-refractivity contribution is 7.11. The number of phenols is 1. The van der Waals surface area contributed by atoms with Crippen molar-refractivity contribution in [3.63, 3.8) is 0 Å². The summed E-state index contributed by atoms with van der Waals surface area (Å²) in [6.07, 6.45) is 5.20. The summed E-state index contributed by atoms with van der Waals surface area (Å²) in [5.41, 5.74) is 1.49. The van der Waals surface area contributed by atoms with Gasteiger partial charge < -0.3 is 35.7 Å². The lowest BCUT2D eigenvalue weighted by Crippen LogP contribution is -2.29. The Morgan fingerprint density at radius 3 is 2.30 bits per heavy atom. The highest BCUT2D eigenvalue weighted by Gasteiger charge is 2.38. The Morgan fingerprint density at radius 2 is 1.63 bits per heavy atom. The average Bonchev–Trinajstić information content (AvgIpc) is 3.76. The Kier molecular flexibility index (Phi) is 11.1. The number of rotatable bonds is 16. The zero-order valence-corrected chi connectivity index (χ0v) is 26.3. The van der Waals surface area contributed by atoms with Crippen LogP contribution in [-0.2, 0) is 29.9 Å². The quantitative estimate of drug-likeness (QED) is 0.0376. The van der Waals surface area contributed by atoms with Crippen molar-refractivity contribution in [3.8, 4) is 5.75 Å². The van der Waals surface area contributed by atoms with Crippen LogP contribution in [0.3, 0.4) is 0 Å². The minimum Gasteiger partial charge on any atom is -0.506 e. The Hall–Kier alpha value is -4.58. The number of carbonyl (C=O) groups excluding carboxylic acids is 1. The topological polar surface area (TPSA) is 140 Å². The summed E-state index contributed by atoms with van der Waals surface area (Å²) in [5.74, 6) is 0.892. The van der Waals surface area contributed by atoms with Gasteiger partial charge in [-0.2, -0.15) is 0 Å². The van der Waals surface area contributed by atoms with Crippen molar-refractivity contribution in [2.24, 2.45) is 0 Å². The maximum atomic E-state index is 11.9. The number of nitrogens with one attached hydrogen (secondary N) is 3. The number of phenolic OH excluding ortho intramolecular Hbond substituents is 1. The molecule has 0 radical (unpaired) electrons. The molecule has 2 aromatic heterocycles. The van der Waals surface area contributed by atoms with Crippen molar-refractivity contribution in [1.29, 1.82) is 0 Å². The smallest absolute Gasteiger partial charge is 0.236 e. The van der Waals surface area contributed by atoms with Crippen LogP contribution in [0.15, 0.2) is 102 Å². The molecule has 0 saturated carbocycles. The van der Waals surface area contributed by atoms with Gasteiger partial charge in [-0.3, -0.25) is 4.79 Å². The van der Waals surface area contributed by atoms with Crippen molar-refractivity contribution in [2.75, 3.05) is 25.5 Å². The number of aromatic nitrogens is 1. The van der Waals surface area contributed by atoms with Gasteiger partial charge in [0.05, 0.1) is 24.5 Å². The number of hydrogen-bond acceptors (Lipinski definition) is 10. The monoisotopic (exact) mass is 638 g/mol. The number of oxazole rings is 1. The molecule has 6 N–H and O–H groups in total. The fourth-order valence-corrected chi connectivity index (χ4v) is 6.33. The molecule has 3 aromatic carbocycles. The van der Waals surface area contributed by atoms with Crippen LogP contribution in [0.1, 0.15) is 49.8 Å². The first kappa shape index (κ1) is 32.8. The van der Waals surface area contributed by atoms with Crippen LogP contribution in [-0.4, -0.2) is 46.7 Å². The van der Waals surface area contributed by atoms with Crippen molar-refractivity contribution in [3.05, 3.63) is 141 Å². The van der Waals surface area contributed by atoms with Crippen LogP contribution < -0.4 is 16.0 Å². The van der Waals surface area contributed by atoms with Crippen LogP contribution in [0.4, 0.5) is 5.69 Å². The van der Waals surface area contributed by atoms with E-state index in [0.29, 0.717) is 66.2 Å².